The molecule has 0 N–H and O–H groups in total. The SMILES string of the molecule is CCCCC1COCCN1OC. The molecular formula is C9H19NO2. The molecular weight excluding hydrogens is 154 g/mol. The van der Waals surface area contributed by atoms with Crippen LogP contribution < -0.4 is 0 Å². The molecule has 1 heterocycles. The van der Waals surface area contributed by atoms with Crippen LogP contribution in [0.25, 0.3) is 0 Å². The van der Waals surface area contributed by atoms with Crippen molar-refractivity contribution in [2.75, 3.05) is 26.9 Å². The quantitative estimate of drug-likeness (QED) is 0.642. The Hall–Kier alpha value is -0.120. The maximum atomic E-state index is 5.39. The van der Waals surface area contributed by atoms with E-state index >= 15 is 0 Å². The smallest absolute Gasteiger partial charge is 0.0645 e. The first kappa shape index (κ1) is 9.96. The van der Waals surface area contributed by atoms with Crippen molar-refractivity contribution in [2.24, 2.45) is 0 Å². The highest BCUT2D eigenvalue weighted by Crippen LogP contribution is 2.12. The molecule has 3 heteroatoms. The van der Waals surface area contributed by atoms with Crippen LogP contribution in [0.3, 0.4) is 0 Å². The lowest BCUT2D eigenvalue weighted by atomic mass is 10.1. The van der Waals surface area contributed by atoms with Crippen LogP contribution in [0.15, 0.2) is 0 Å². The summed E-state index contributed by atoms with van der Waals surface area (Å²) in [5.74, 6) is 0. The van der Waals surface area contributed by atoms with Gasteiger partial charge in [-0.1, -0.05) is 19.8 Å². The highest BCUT2D eigenvalue weighted by molar-refractivity contribution is 4.68. The predicted octanol–water partition coefficient (Wildman–Crippen LogP) is 1.44. The second kappa shape index (κ2) is 5.51. The van der Waals surface area contributed by atoms with Crippen LogP contribution in [-0.2, 0) is 9.57 Å². The van der Waals surface area contributed by atoms with Gasteiger partial charge < -0.3 is 9.57 Å². The van der Waals surface area contributed by atoms with E-state index < -0.39 is 0 Å². The van der Waals surface area contributed by atoms with Gasteiger partial charge in [-0.05, 0) is 6.42 Å². The van der Waals surface area contributed by atoms with Gasteiger partial charge in [-0.25, -0.2) is 0 Å². The van der Waals surface area contributed by atoms with Crippen molar-refractivity contribution in [3.05, 3.63) is 0 Å². The third kappa shape index (κ3) is 2.73. The zero-order valence-corrected chi connectivity index (χ0v) is 8.08. The van der Waals surface area contributed by atoms with Crippen LogP contribution >= 0.6 is 0 Å². The molecule has 1 saturated heterocycles. The third-order valence-corrected chi connectivity index (χ3v) is 2.30. The number of morpholine rings is 1. The maximum absolute atomic E-state index is 5.39. The Labute approximate surface area is 74.6 Å². The molecule has 1 fully saturated rings. The highest BCUT2D eigenvalue weighted by atomic mass is 16.7. The first-order valence-corrected chi connectivity index (χ1v) is 4.77. The zero-order valence-electron chi connectivity index (χ0n) is 8.08. The van der Waals surface area contributed by atoms with Gasteiger partial charge in [0, 0.05) is 6.54 Å². The van der Waals surface area contributed by atoms with Crippen molar-refractivity contribution in [1.29, 1.82) is 0 Å². The van der Waals surface area contributed by atoms with E-state index in [2.05, 4.69) is 6.92 Å². The Balaban J connectivity index is 2.26. The molecule has 0 radical (unpaired) electrons. The van der Waals surface area contributed by atoms with Gasteiger partial charge in [-0.3, -0.25) is 0 Å². The van der Waals surface area contributed by atoms with E-state index in [-0.39, 0.29) is 0 Å². The van der Waals surface area contributed by atoms with E-state index in [1.54, 1.807) is 7.11 Å². The molecule has 0 aliphatic carbocycles. The fraction of sp³-hybridized carbons (Fsp3) is 1.00. The molecule has 1 rings (SSSR count). The van der Waals surface area contributed by atoms with Crippen molar-refractivity contribution >= 4 is 0 Å². The van der Waals surface area contributed by atoms with Gasteiger partial charge in [0.1, 0.15) is 0 Å². The number of unbranched alkanes of at least 4 members (excludes halogenated alkanes) is 1. The monoisotopic (exact) mass is 173 g/mol. The molecule has 0 saturated carbocycles. The molecule has 1 aliphatic heterocycles. The molecule has 1 atom stereocenters. The minimum absolute atomic E-state index is 0.476. The lowest BCUT2D eigenvalue weighted by Gasteiger charge is -2.33. The van der Waals surface area contributed by atoms with Gasteiger partial charge in [0.15, 0.2) is 0 Å². The van der Waals surface area contributed by atoms with Crippen LogP contribution in [0.2, 0.25) is 0 Å². The predicted molar refractivity (Wildman–Crippen MR) is 47.8 cm³/mol. The van der Waals surface area contributed by atoms with Gasteiger partial charge in [-0.2, -0.15) is 5.06 Å². The number of hydrogen-bond acceptors (Lipinski definition) is 3. The summed E-state index contributed by atoms with van der Waals surface area (Å²) in [7, 11) is 1.74. The summed E-state index contributed by atoms with van der Waals surface area (Å²) in [6.45, 7) is 4.75. The summed E-state index contributed by atoms with van der Waals surface area (Å²) in [6, 6.07) is 0.476. The number of hydrogen-bond donors (Lipinski definition) is 0. The average molecular weight is 173 g/mol. The maximum Gasteiger partial charge on any atom is 0.0645 e. The first-order valence-electron chi connectivity index (χ1n) is 4.77. The summed E-state index contributed by atoms with van der Waals surface area (Å²) < 4.78 is 5.39. The summed E-state index contributed by atoms with van der Waals surface area (Å²) in [4.78, 5) is 5.25. The summed E-state index contributed by atoms with van der Waals surface area (Å²) in [6.07, 6.45) is 3.69. The van der Waals surface area contributed by atoms with E-state index in [9.17, 15) is 0 Å². The lowest BCUT2D eigenvalue weighted by molar-refractivity contribution is -0.207. The zero-order chi connectivity index (χ0) is 8.81. The highest BCUT2D eigenvalue weighted by Gasteiger charge is 2.21. The molecule has 0 amide bonds. The average Bonchev–Trinajstić information content (AvgIpc) is 2.15. The van der Waals surface area contributed by atoms with Crippen LogP contribution in [0.1, 0.15) is 26.2 Å². The first-order chi connectivity index (χ1) is 5.88. The number of ether oxygens (including phenoxy) is 1. The number of nitrogens with zero attached hydrogens (tertiary/aromatic N) is 1. The van der Waals surface area contributed by atoms with Gasteiger partial charge >= 0.3 is 0 Å². The minimum atomic E-state index is 0.476. The van der Waals surface area contributed by atoms with E-state index in [1.807, 2.05) is 5.06 Å². The van der Waals surface area contributed by atoms with Crippen molar-refractivity contribution in [2.45, 2.75) is 32.2 Å². The molecule has 0 spiro atoms. The fourth-order valence-corrected chi connectivity index (χ4v) is 1.55. The van der Waals surface area contributed by atoms with Crippen LogP contribution in [-0.4, -0.2) is 38.0 Å². The molecule has 12 heavy (non-hydrogen) atoms. The van der Waals surface area contributed by atoms with E-state index in [0.717, 1.165) is 19.8 Å². The number of hydroxylamine groups is 2. The summed E-state index contributed by atoms with van der Waals surface area (Å²) in [5, 5.41) is 2.04. The second-order valence-electron chi connectivity index (χ2n) is 3.19. The minimum Gasteiger partial charge on any atom is -0.378 e. The molecule has 0 aromatic heterocycles. The van der Waals surface area contributed by atoms with Crippen LogP contribution in [0.4, 0.5) is 0 Å². The molecule has 1 unspecified atom stereocenters. The van der Waals surface area contributed by atoms with Crippen LogP contribution in [0, 0.1) is 0 Å². The fourth-order valence-electron chi connectivity index (χ4n) is 1.55. The summed E-state index contributed by atoms with van der Waals surface area (Å²) in [5.41, 5.74) is 0. The van der Waals surface area contributed by atoms with Crippen molar-refractivity contribution in [3.63, 3.8) is 0 Å². The Bertz CT molecular complexity index is 119. The van der Waals surface area contributed by atoms with E-state index in [0.29, 0.717) is 6.04 Å². The normalized spacial score (nSPS) is 26.0. The molecule has 1 aliphatic rings. The molecule has 0 aromatic rings. The lowest BCUT2D eigenvalue weighted by Crippen LogP contribution is -2.44. The topological polar surface area (TPSA) is 21.7 Å². The van der Waals surface area contributed by atoms with Crippen molar-refractivity contribution < 1.29 is 9.57 Å². The second-order valence-corrected chi connectivity index (χ2v) is 3.19. The molecule has 72 valence electrons. The van der Waals surface area contributed by atoms with Crippen LogP contribution in [0.5, 0.6) is 0 Å². The summed E-state index contributed by atoms with van der Waals surface area (Å²) >= 11 is 0. The van der Waals surface area contributed by atoms with Gasteiger partial charge in [0.05, 0.1) is 26.4 Å². The largest absolute Gasteiger partial charge is 0.378 e. The van der Waals surface area contributed by atoms with E-state index in [1.165, 1.54) is 19.3 Å². The Morgan fingerprint density at radius 1 is 1.58 bits per heavy atom. The third-order valence-electron chi connectivity index (χ3n) is 2.30. The Kier molecular flexibility index (Phi) is 4.58. The molecule has 0 aromatic carbocycles. The molecule has 3 nitrogen and oxygen atoms in total. The van der Waals surface area contributed by atoms with Crippen molar-refractivity contribution in [1.82, 2.24) is 5.06 Å². The Morgan fingerprint density at radius 2 is 2.42 bits per heavy atom. The Morgan fingerprint density at radius 3 is 3.08 bits per heavy atom. The van der Waals surface area contributed by atoms with Gasteiger partial charge in [0.25, 0.3) is 0 Å². The van der Waals surface area contributed by atoms with Gasteiger partial charge in [0.2, 0.25) is 0 Å². The van der Waals surface area contributed by atoms with E-state index in [4.69, 9.17) is 9.57 Å². The standard InChI is InChI=1S/C9H19NO2/c1-3-4-5-9-8-12-7-6-10(9)11-2/h9H,3-8H2,1-2H3. The number of rotatable bonds is 4. The van der Waals surface area contributed by atoms with Gasteiger partial charge in [-0.15, -0.1) is 0 Å². The molecule has 0 bridgehead atoms. The van der Waals surface area contributed by atoms with Crippen molar-refractivity contribution in [3.8, 4) is 0 Å².